The first-order valence-electron chi connectivity index (χ1n) is 8.48. The van der Waals surface area contributed by atoms with Crippen molar-refractivity contribution in [2.45, 2.75) is 32.7 Å². The topological polar surface area (TPSA) is 82.4 Å². The SMILES string of the molecule is CC1(Cc2ccc3c(c2)OCO3)CCCN(C(=O)Cn2cnnn2)C1. The van der Waals surface area contributed by atoms with E-state index in [0.29, 0.717) is 0 Å². The number of carbonyl (C=O) groups excluding carboxylic acids is 1. The number of aromatic nitrogens is 4. The summed E-state index contributed by atoms with van der Waals surface area (Å²) in [4.78, 5) is 14.5. The van der Waals surface area contributed by atoms with Crippen LogP contribution in [0.15, 0.2) is 24.5 Å². The fourth-order valence-electron chi connectivity index (χ4n) is 3.71. The molecule has 2 aromatic rings. The number of tetrazole rings is 1. The van der Waals surface area contributed by atoms with E-state index in [0.717, 1.165) is 43.9 Å². The van der Waals surface area contributed by atoms with E-state index >= 15 is 0 Å². The molecule has 1 aromatic heterocycles. The molecule has 0 aliphatic carbocycles. The van der Waals surface area contributed by atoms with E-state index in [1.54, 1.807) is 0 Å². The van der Waals surface area contributed by atoms with Gasteiger partial charge in [-0.3, -0.25) is 4.79 Å². The average Bonchev–Trinajstić information content (AvgIpc) is 3.25. The molecule has 1 unspecified atom stereocenters. The summed E-state index contributed by atoms with van der Waals surface area (Å²) in [5.41, 5.74) is 1.25. The average molecular weight is 343 g/mol. The first-order valence-corrected chi connectivity index (χ1v) is 8.48. The standard InChI is InChI=1S/C17H21N5O3/c1-17(8-13-3-4-14-15(7-13)25-12-24-14)5-2-6-21(10-17)16(23)9-22-11-18-19-20-22/h3-4,7,11H,2,5-6,8-10,12H2,1H3. The molecule has 0 radical (unpaired) electrons. The van der Waals surface area contributed by atoms with Crippen molar-refractivity contribution in [1.29, 1.82) is 0 Å². The van der Waals surface area contributed by atoms with Gasteiger partial charge in [0, 0.05) is 13.1 Å². The van der Waals surface area contributed by atoms with Gasteiger partial charge in [-0.25, -0.2) is 4.68 Å². The van der Waals surface area contributed by atoms with Gasteiger partial charge in [0.05, 0.1) is 0 Å². The fraction of sp³-hybridized carbons (Fsp3) is 0.529. The maximum atomic E-state index is 12.5. The molecule has 1 saturated heterocycles. The Morgan fingerprint density at radius 3 is 3.04 bits per heavy atom. The highest BCUT2D eigenvalue weighted by Gasteiger charge is 2.33. The number of benzene rings is 1. The third-order valence-electron chi connectivity index (χ3n) is 4.89. The number of rotatable bonds is 4. The van der Waals surface area contributed by atoms with Crippen molar-refractivity contribution >= 4 is 5.91 Å². The van der Waals surface area contributed by atoms with Gasteiger partial charge in [0.1, 0.15) is 12.9 Å². The summed E-state index contributed by atoms with van der Waals surface area (Å²) in [6.45, 7) is 4.25. The summed E-state index contributed by atoms with van der Waals surface area (Å²) in [6.07, 6.45) is 4.46. The Balaban J connectivity index is 1.43. The highest BCUT2D eigenvalue weighted by Crippen LogP contribution is 2.37. The molecule has 1 aromatic carbocycles. The molecule has 0 saturated carbocycles. The number of hydrogen-bond acceptors (Lipinski definition) is 6. The van der Waals surface area contributed by atoms with Crippen molar-refractivity contribution in [1.82, 2.24) is 25.1 Å². The predicted octanol–water partition coefficient (Wildman–Crippen LogP) is 1.27. The zero-order valence-electron chi connectivity index (χ0n) is 14.2. The van der Waals surface area contributed by atoms with Crippen molar-refractivity contribution < 1.29 is 14.3 Å². The van der Waals surface area contributed by atoms with Gasteiger partial charge in [-0.15, -0.1) is 5.10 Å². The molecule has 0 N–H and O–H groups in total. The molecule has 25 heavy (non-hydrogen) atoms. The normalized spacial score (nSPS) is 22.2. The van der Waals surface area contributed by atoms with E-state index in [-0.39, 0.29) is 24.7 Å². The monoisotopic (exact) mass is 343 g/mol. The number of ether oxygens (including phenoxy) is 2. The summed E-state index contributed by atoms with van der Waals surface area (Å²) in [5.74, 6) is 1.67. The molecule has 2 aliphatic rings. The van der Waals surface area contributed by atoms with Crippen molar-refractivity contribution in [2.75, 3.05) is 19.9 Å². The quantitative estimate of drug-likeness (QED) is 0.831. The van der Waals surface area contributed by atoms with Crippen LogP contribution in [-0.4, -0.2) is 50.9 Å². The van der Waals surface area contributed by atoms with Crippen molar-refractivity contribution in [3.8, 4) is 11.5 Å². The van der Waals surface area contributed by atoms with Gasteiger partial charge in [-0.1, -0.05) is 13.0 Å². The molecule has 1 atom stereocenters. The second-order valence-electron chi connectivity index (χ2n) is 7.10. The molecule has 1 amide bonds. The molecular weight excluding hydrogens is 322 g/mol. The number of piperidine rings is 1. The highest BCUT2D eigenvalue weighted by atomic mass is 16.7. The number of fused-ring (bicyclic) bond motifs is 1. The summed E-state index contributed by atoms with van der Waals surface area (Å²) >= 11 is 0. The minimum atomic E-state index is 0.0439. The first kappa shape index (κ1) is 15.9. The van der Waals surface area contributed by atoms with Gasteiger partial charge in [-0.05, 0) is 52.8 Å². The number of amides is 1. The van der Waals surface area contributed by atoms with Crippen LogP contribution in [0.3, 0.4) is 0 Å². The second-order valence-corrected chi connectivity index (χ2v) is 7.10. The summed E-state index contributed by atoms with van der Waals surface area (Å²) < 4.78 is 12.3. The van der Waals surface area contributed by atoms with Crippen LogP contribution in [0.5, 0.6) is 11.5 Å². The number of carbonyl (C=O) groups is 1. The van der Waals surface area contributed by atoms with Crippen molar-refractivity contribution in [3.05, 3.63) is 30.1 Å². The van der Waals surface area contributed by atoms with Gasteiger partial charge in [-0.2, -0.15) is 0 Å². The van der Waals surface area contributed by atoms with Gasteiger partial charge >= 0.3 is 0 Å². The van der Waals surface area contributed by atoms with Crippen LogP contribution >= 0.6 is 0 Å². The van der Waals surface area contributed by atoms with E-state index in [1.807, 2.05) is 11.0 Å². The zero-order chi connectivity index (χ0) is 17.3. The van der Waals surface area contributed by atoms with Crippen molar-refractivity contribution in [2.24, 2.45) is 5.41 Å². The Labute approximate surface area is 145 Å². The van der Waals surface area contributed by atoms with Gasteiger partial charge in [0.2, 0.25) is 12.7 Å². The predicted molar refractivity (Wildman–Crippen MR) is 88.0 cm³/mol. The van der Waals surface area contributed by atoms with Crippen LogP contribution in [0, 0.1) is 5.41 Å². The Hall–Kier alpha value is -2.64. The third kappa shape index (κ3) is 3.42. The molecule has 4 rings (SSSR count). The summed E-state index contributed by atoms with van der Waals surface area (Å²) in [7, 11) is 0. The Morgan fingerprint density at radius 2 is 2.20 bits per heavy atom. The molecule has 8 heteroatoms. The molecule has 132 valence electrons. The molecular formula is C17H21N5O3. The number of likely N-dealkylation sites (tertiary alicyclic amines) is 1. The summed E-state index contributed by atoms with van der Waals surface area (Å²) in [5, 5.41) is 10.9. The Bertz CT molecular complexity index is 764. The van der Waals surface area contributed by atoms with Gasteiger partial charge < -0.3 is 14.4 Å². The van der Waals surface area contributed by atoms with E-state index in [2.05, 4.69) is 34.6 Å². The van der Waals surface area contributed by atoms with E-state index in [1.165, 1.54) is 16.6 Å². The molecule has 0 spiro atoms. The van der Waals surface area contributed by atoms with Crippen LogP contribution in [0.25, 0.3) is 0 Å². The van der Waals surface area contributed by atoms with Crippen LogP contribution in [0.1, 0.15) is 25.3 Å². The third-order valence-corrected chi connectivity index (χ3v) is 4.89. The smallest absolute Gasteiger partial charge is 0.244 e. The fourth-order valence-corrected chi connectivity index (χ4v) is 3.71. The van der Waals surface area contributed by atoms with Crippen LogP contribution in [0.2, 0.25) is 0 Å². The highest BCUT2D eigenvalue weighted by molar-refractivity contribution is 5.76. The van der Waals surface area contributed by atoms with Crippen LogP contribution < -0.4 is 9.47 Å². The lowest BCUT2D eigenvalue weighted by Gasteiger charge is -2.40. The number of hydrogen-bond donors (Lipinski definition) is 0. The number of nitrogens with zero attached hydrogens (tertiary/aromatic N) is 5. The van der Waals surface area contributed by atoms with E-state index < -0.39 is 0 Å². The molecule has 2 aliphatic heterocycles. The maximum absolute atomic E-state index is 12.5. The minimum absolute atomic E-state index is 0.0439. The largest absolute Gasteiger partial charge is 0.454 e. The van der Waals surface area contributed by atoms with Gasteiger partial charge in [0.25, 0.3) is 0 Å². The Kier molecular flexibility index (Phi) is 4.03. The molecule has 0 bridgehead atoms. The molecule has 8 nitrogen and oxygen atoms in total. The maximum Gasteiger partial charge on any atom is 0.244 e. The first-order chi connectivity index (χ1) is 12.1. The van der Waals surface area contributed by atoms with Crippen molar-refractivity contribution in [3.63, 3.8) is 0 Å². The van der Waals surface area contributed by atoms with E-state index in [4.69, 9.17) is 9.47 Å². The minimum Gasteiger partial charge on any atom is -0.454 e. The lowest BCUT2D eigenvalue weighted by molar-refractivity contribution is -0.135. The molecule has 1 fully saturated rings. The second kappa shape index (κ2) is 6.34. The Morgan fingerprint density at radius 1 is 1.32 bits per heavy atom. The summed E-state index contributed by atoms with van der Waals surface area (Å²) in [6, 6.07) is 6.10. The lowest BCUT2D eigenvalue weighted by Crippen LogP contribution is -2.46. The molecule has 3 heterocycles. The van der Waals surface area contributed by atoms with E-state index in [9.17, 15) is 4.79 Å². The van der Waals surface area contributed by atoms with Crippen LogP contribution in [-0.2, 0) is 17.8 Å². The lowest BCUT2D eigenvalue weighted by atomic mass is 9.77. The van der Waals surface area contributed by atoms with Gasteiger partial charge in [0.15, 0.2) is 11.5 Å². The zero-order valence-corrected chi connectivity index (χ0v) is 14.2. The van der Waals surface area contributed by atoms with Crippen LogP contribution in [0.4, 0.5) is 0 Å².